The molecule has 0 aliphatic rings. The van der Waals surface area contributed by atoms with Gasteiger partial charge in [-0.15, -0.1) is 0 Å². The zero-order valence-corrected chi connectivity index (χ0v) is 5.82. The summed E-state index contributed by atoms with van der Waals surface area (Å²) in [6.45, 7) is 0.119. The van der Waals surface area contributed by atoms with E-state index in [2.05, 4.69) is 4.98 Å². The van der Waals surface area contributed by atoms with Crippen LogP contribution in [-0.2, 0) is 18.4 Å². The number of nitrogens with zero attached hydrogens (tertiary/aromatic N) is 2. The molecule has 4 heteroatoms. The highest BCUT2D eigenvalue weighted by molar-refractivity contribution is 4.93. The van der Waals surface area contributed by atoms with Crippen molar-refractivity contribution in [3.63, 3.8) is 0 Å². The first kappa shape index (κ1) is 7.24. The van der Waals surface area contributed by atoms with Gasteiger partial charge in [0, 0.05) is 13.2 Å². The fourth-order valence-corrected chi connectivity index (χ4v) is 0.692. The first-order valence-corrected chi connectivity index (χ1v) is 2.98. The number of aromatic nitrogens is 2. The molecule has 1 aromatic heterocycles. The fourth-order valence-electron chi connectivity index (χ4n) is 0.692. The Labute approximate surface area is 59.1 Å². The van der Waals surface area contributed by atoms with Crippen LogP contribution in [0.15, 0.2) is 12.5 Å². The summed E-state index contributed by atoms with van der Waals surface area (Å²) in [5, 5.41) is 8.28. The molecule has 56 valence electrons. The van der Waals surface area contributed by atoms with Gasteiger partial charge in [-0.25, -0.2) is 4.98 Å². The topological polar surface area (TPSA) is 47.3 Å². The van der Waals surface area contributed by atoms with E-state index in [4.69, 9.17) is 9.84 Å². The van der Waals surface area contributed by atoms with E-state index in [0.29, 0.717) is 6.61 Å². The van der Waals surface area contributed by atoms with Gasteiger partial charge in [0.15, 0.2) is 0 Å². The van der Waals surface area contributed by atoms with Crippen LogP contribution in [0.1, 0.15) is 5.69 Å². The van der Waals surface area contributed by atoms with Gasteiger partial charge < -0.3 is 14.4 Å². The van der Waals surface area contributed by atoms with E-state index in [-0.39, 0.29) is 6.79 Å². The predicted octanol–water partition coefficient (Wildman–Crippen LogP) is -0.113. The van der Waals surface area contributed by atoms with Gasteiger partial charge in [-0.05, 0) is 0 Å². The Morgan fingerprint density at radius 1 is 1.80 bits per heavy atom. The minimum atomic E-state index is -0.253. The van der Waals surface area contributed by atoms with E-state index in [1.165, 1.54) is 0 Å². The lowest BCUT2D eigenvalue weighted by Crippen LogP contribution is -1.93. The molecule has 0 spiro atoms. The highest BCUT2D eigenvalue weighted by atomic mass is 16.6. The van der Waals surface area contributed by atoms with E-state index in [0.717, 1.165) is 5.69 Å². The highest BCUT2D eigenvalue weighted by Crippen LogP contribution is 1.94. The van der Waals surface area contributed by atoms with Crippen molar-refractivity contribution in [2.24, 2.45) is 7.05 Å². The van der Waals surface area contributed by atoms with E-state index in [9.17, 15) is 0 Å². The second kappa shape index (κ2) is 3.34. The Balaban J connectivity index is 2.42. The van der Waals surface area contributed by atoms with Crippen molar-refractivity contribution in [1.82, 2.24) is 9.55 Å². The second-order valence-corrected chi connectivity index (χ2v) is 2.01. The molecule has 4 nitrogen and oxygen atoms in total. The molecule has 0 saturated carbocycles. The molecule has 0 bridgehead atoms. The molecule has 0 atom stereocenters. The molecule has 1 N–H and O–H groups in total. The number of ether oxygens (including phenoxy) is 1. The smallest absolute Gasteiger partial charge is 0.144 e. The first-order valence-electron chi connectivity index (χ1n) is 2.98. The van der Waals surface area contributed by atoms with Crippen molar-refractivity contribution in [2.75, 3.05) is 6.79 Å². The fraction of sp³-hybridized carbons (Fsp3) is 0.500. The van der Waals surface area contributed by atoms with Gasteiger partial charge in [0.1, 0.15) is 6.79 Å². The summed E-state index contributed by atoms with van der Waals surface area (Å²) in [5.74, 6) is 0. The largest absolute Gasteiger partial charge is 0.371 e. The Morgan fingerprint density at radius 2 is 2.60 bits per heavy atom. The molecule has 0 radical (unpaired) electrons. The summed E-state index contributed by atoms with van der Waals surface area (Å²) in [7, 11) is 1.88. The number of aryl methyl sites for hydroxylation is 1. The number of aliphatic hydroxyl groups excluding tert-OH is 1. The molecular weight excluding hydrogens is 132 g/mol. The number of imidazole rings is 1. The zero-order valence-electron chi connectivity index (χ0n) is 5.82. The van der Waals surface area contributed by atoms with Crippen LogP contribution < -0.4 is 0 Å². The minimum Gasteiger partial charge on any atom is -0.371 e. The normalized spacial score (nSPS) is 10.2. The van der Waals surface area contributed by atoms with Crippen molar-refractivity contribution < 1.29 is 9.84 Å². The Bertz CT molecular complexity index is 197. The van der Waals surface area contributed by atoms with Crippen LogP contribution in [0, 0.1) is 0 Å². The Kier molecular flexibility index (Phi) is 2.42. The second-order valence-electron chi connectivity index (χ2n) is 2.01. The van der Waals surface area contributed by atoms with Crippen molar-refractivity contribution in [2.45, 2.75) is 6.61 Å². The van der Waals surface area contributed by atoms with Crippen LogP contribution in [0.2, 0.25) is 0 Å². The molecule has 10 heavy (non-hydrogen) atoms. The van der Waals surface area contributed by atoms with Crippen LogP contribution in [0.25, 0.3) is 0 Å². The standard InChI is InChI=1S/C6H10N2O2/c1-8-2-6(7-4-8)3-10-5-9/h2,4,9H,3,5H2,1H3. The molecule has 0 aliphatic heterocycles. The molecule has 0 amide bonds. The summed E-state index contributed by atoms with van der Waals surface area (Å²) in [5.41, 5.74) is 0.830. The summed E-state index contributed by atoms with van der Waals surface area (Å²) >= 11 is 0. The van der Waals surface area contributed by atoms with Gasteiger partial charge in [0.2, 0.25) is 0 Å². The van der Waals surface area contributed by atoms with Crippen molar-refractivity contribution in [1.29, 1.82) is 0 Å². The van der Waals surface area contributed by atoms with Gasteiger partial charge in [-0.2, -0.15) is 0 Å². The maximum absolute atomic E-state index is 8.28. The van der Waals surface area contributed by atoms with Crippen LogP contribution in [0.5, 0.6) is 0 Å². The average Bonchev–Trinajstić information content (AvgIpc) is 2.31. The van der Waals surface area contributed by atoms with Crippen LogP contribution in [0.3, 0.4) is 0 Å². The van der Waals surface area contributed by atoms with E-state index in [1.54, 1.807) is 6.33 Å². The SMILES string of the molecule is Cn1cnc(COCO)c1. The van der Waals surface area contributed by atoms with Crippen LogP contribution >= 0.6 is 0 Å². The van der Waals surface area contributed by atoms with Gasteiger partial charge in [0.25, 0.3) is 0 Å². The summed E-state index contributed by atoms with van der Waals surface area (Å²) < 4.78 is 6.54. The number of aliphatic hydroxyl groups is 1. The average molecular weight is 142 g/mol. The third-order valence-electron chi connectivity index (χ3n) is 1.10. The zero-order chi connectivity index (χ0) is 7.40. The van der Waals surface area contributed by atoms with Gasteiger partial charge in [-0.3, -0.25) is 0 Å². The number of hydrogen-bond donors (Lipinski definition) is 1. The number of hydrogen-bond acceptors (Lipinski definition) is 3. The summed E-state index contributed by atoms with van der Waals surface area (Å²) in [4.78, 5) is 3.98. The molecule has 1 heterocycles. The van der Waals surface area contributed by atoms with E-state index < -0.39 is 0 Å². The van der Waals surface area contributed by atoms with Gasteiger partial charge in [-0.1, -0.05) is 0 Å². The molecule has 0 fully saturated rings. The van der Waals surface area contributed by atoms with E-state index >= 15 is 0 Å². The minimum absolute atomic E-state index is 0.253. The maximum atomic E-state index is 8.28. The van der Waals surface area contributed by atoms with Crippen molar-refractivity contribution >= 4 is 0 Å². The Morgan fingerprint density at radius 3 is 3.10 bits per heavy atom. The van der Waals surface area contributed by atoms with Crippen molar-refractivity contribution in [3.05, 3.63) is 18.2 Å². The molecule has 0 aliphatic carbocycles. The molecule has 0 unspecified atom stereocenters. The highest BCUT2D eigenvalue weighted by Gasteiger charge is 1.93. The molecule has 1 aromatic rings. The Hall–Kier alpha value is -0.870. The molecular formula is C6H10N2O2. The third-order valence-corrected chi connectivity index (χ3v) is 1.10. The first-order chi connectivity index (χ1) is 4.83. The molecule has 0 saturated heterocycles. The summed E-state index contributed by atoms with van der Waals surface area (Å²) in [6.07, 6.45) is 3.53. The molecule has 0 aromatic carbocycles. The van der Waals surface area contributed by atoms with Crippen molar-refractivity contribution in [3.8, 4) is 0 Å². The monoisotopic (exact) mass is 142 g/mol. The van der Waals surface area contributed by atoms with E-state index in [1.807, 2.05) is 17.8 Å². The van der Waals surface area contributed by atoms with Gasteiger partial charge in [0.05, 0.1) is 18.6 Å². The maximum Gasteiger partial charge on any atom is 0.144 e. The summed E-state index contributed by atoms with van der Waals surface area (Å²) in [6, 6.07) is 0. The van der Waals surface area contributed by atoms with Gasteiger partial charge >= 0.3 is 0 Å². The predicted molar refractivity (Wildman–Crippen MR) is 35.1 cm³/mol. The lowest BCUT2D eigenvalue weighted by molar-refractivity contribution is -0.0124. The lowest BCUT2D eigenvalue weighted by atomic mass is 10.5. The lowest BCUT2D eigenvalue weighted by Gasteiger charge is -1.93. The van der Waals surface area contributed by atoms with Crippen LogP contribution in [0.4, 0.5) is 0 Å². The quantitative estimate of drug-likeness (QED) is 0.599. The number of rotatable bonds is 3. The molecule has 1 rings (SSSR count). The van der Waals surface area contributed by atoms with Crippen LogP contribution in [-0.4, -0.2) is 21.5 Å². The third kappa shape index (κ3) is 1.82.